The number of carbonyl (C=O) groups excluding carboxylic acids is 1. The summed E-state index contributed by atoms with van der Waals surface area (Å²) in [5, 5.41) is 2.81. The first-order valence-electron chi connectivity index (χ1n) is 6.87. The molecule has 1 amide bonds. The largest absolute Gasteiger partial charge is 0.444 e. The molecule has 20 heavy (non-hydrogen) atoms. The summed E-state index contributed by atoms with van der Waals surface area (Å²) in [5.41, 5.74) is -0.528. The monoisotopic (exact) mass is 309 g/mol. The molecule has 0 fully saturated rings. The highest BCUT2D eigenvalue weighted by Gasteiger charge is 2.19. The van der Waals surface area contributed by atoms with Crippen molar-refractivity contribution < 1.29 is 22.1 Å². The fourth-order valence-electron chi connectivity index (χ4n) is 1.65. The number of alkyl carbamates (subject to hydrolysis) is 1. The van der Waals surface area contributed by atoms with Crippen LogP contribution in [-0.4, -0.2) is 39.0 Å². The third kappa shape index (κ3) is 12.2. The fourth-order valence-corrected chi connectivity index (χ4v) is 2.07. The zero-order chi connectivity index (χ0) is 15.8. The van der Waals surface area contributed by atoms with E-state index in [2.05, 4.69) is 9.50 Å². The van der Waals surface area contributed by atoms with E-state index in [9.17, 15) is 13.2 Å². The maximum Gasteiger partial charge on any atom is 0.407 e. The van der Waals surface area contributed by atoms with Gasteiger partial charge in [0.2, 0.25) is 0 Å². The van der Waals surface area contributed by atoms with E-state index >= 15 is 0 Å². The van der Waals surface area contributed by atoms with Crippen LogP contribution in [0.2, 0.25) is 0 Å². The van der Waals surface area contributed by atoms with Crippen molar-refractivity contribution in [2.45, 2.75) is 65.0 Å². The van der Waals surface area contributed by atoms with Gasteiger partial charge in [-0.1, -0.05) is 13.3 Å². The van der Waals surface area contributed by atoms with Gasteiger partial charge in [0.1, 0.15) is 5.60 Å². The quantitative estimate of drug-likeness (QED) is 0.550. The molecule has 0 aromatic rings. The van der Waals surface area contributed by atoms with Gasteiger partial charge < -0.3 is 10.1 Å². The zero-order valence-corrected chi connectivity index (χ0v) is 13.9. The topological polar surface area (TPSA) is 81.7 Å². The third-order valence-corrected chi connectivity index (χ3v) is 2.95. The smallest absolute Gasteiger partial charge is 0.407 e. The number of carbonyl (C=O) groups is 1. The second-order valence-electron chi connectivity index (χ2n) is 5.80. The average Bonchev–Trinajstić information content (AvgIpc) is 2.20. The van der Waals surface area contributed by atoms with Gasteiger partial charge in [-0.15, -0.1) is 0 Å². The van der Waals surface area contributed by atoms with Crippen molar-refractivity contribution in [2.24, 2.45) is 0 Å². The van der Waals surface area contributed by atoms with Crippen LogP contribution in [0.3, 0.4) is 0 Å². The van der Waals surface area contributed by atoms with E-state index in [0.717, 1.165) is 19.1 Å². The van der Waals surface area contributed by atoms with Gasteiger partial charge in [-0.25, -0.2) is 4.79 Å². The van der Waals surface area contributed by atoms with Crippen molar-refractivity contribution in [3.63, 3.8) is 0 Å². The van der Waals surface area contributed by atoms with Crippen molar-refractivity contribution in [3.8, 4) is 0 Å². The van der Waals surface area contributed by atoms with Gasteiger partial charge in [0.05, 0.1) is 12.9 Å². The maximum atomic E-state index is 11.7. The zero-order valence-electron chi connectivity index (χ0n) is 13.1. The lowest BCUT2D eigenvalue weighted by Crippen LogP contribution is -2.39. The van der Waals surface area contributed by atoms with Crippen LogP contribution < -0.4 is 5.32 Å². The molecular weight excluding hydrogens is 282 g/mol. The van der Waals surface area contributed by atoms with Gasteiger partial charge >= 0.3 is 6.09 Å². The molecule has 0 aromatic heterocycles. The number of nitrogens with one attached hydrogen (secondary N) is 1. The minimum Gasteiger partial charge on any atom is -0.444 e. The van der Waals surface area contributed by atoms with Crippen LogP contribution in [-0.2, 0) is 19.0 Å². The molecule has 0 heterocycles. The van der Waals surface area contributed by atoms with Gasteiger partial charge in [0.25, 0.3) is 10.1 Å². The predicted octanol–water partition coefficient (Wildman–Crippen LogP) is 2.44. The summed E-state index contributed by atoms with van der Waals surface area (Å²) >= 11 is 0. The van der Waals surface area contributed by atoms with Crippen LogP contribution in [0, 0.1) is 0 Å². The number of amides is 1. The molecule has 0 bridgehead atoms. The van der Waals surface area contributed by atoms with Crippen LogP contribution in [0.15, 0.2) is 0 Å². The lowest BCUT2D eigenvalue weighted by molar-refractivity contribution is 0.0497. The third-order valence-electron chi connectivity index (χ3n) is 2.35. The Hall–Kier alpha value is -0.820. The van der Waals surface area contributed by atoms with Crippen LogP contribution >= 0.6 is 0 Å². The SMILES string of the molecule is CCC[C@@H](CCCOS(C)(=O)=O)NC(=O)OC(C)(C)C. The standard InChI is InChI=1S/C13H27NO5S/c1-6-8-11(9-7-10-18-20(5,16)17)14-12(15)19-13(2,3)4/h11H,6-10H2,1-5H3,(H,14,15)/t11-/m0/s1. The van der Waals surface area contributed by atoms with Gasteiger partial charge in [-0.2, -0.15) is 8.42 Å². The van der Waals surface area contributed by atoms with E-state index in [-0.39, 0.29) is 12.6 Å². The lowest BCUT2D eigenvalue weighted by Gasteiger charge is -2.23. The molecule has 0 radical (unpaired) electrons. The normalized spacial score (nSPS) is 13.8. The fraction of sp³-hybridized carbons (Fsp3) is 0.923. The van der Waals surface area contributed by atoms with Crippen molar-refractivity contribution >= 4 is 16.2 Å². The first-order valence-corrected chi connectivity index (χ1v) is 8.69. The Kier molecular flexibility index (Phi) is 8.12. The number of rotatable bonds is 8. The van der Waals surface area contributed by atoms with Gasteiger partial charge in [0, 0.05) is 6.04 Å². The summed E-state index contributed by atoms with van der Waals surface area (Å²) in [7, 11) is -3.39. The molecule has 0 aliphatic carbocycles. The molecule has 120 valence electrons. The number of hydrogen-bond donors (Lipinski definition) is 1. The second-order valence-corrected chi connectivity index (χ2v) is 7.44. The van der Waals surface area contributed by atoms with Crippen LogP contribution in [0.4, 0.5) is 4.79 Å². The molecular formula is C13H27NO5S. The molecule has 7 heteroatoms. The predicted molar refractivity (Wildman–Crippen MR) is 78.1 cm³/mol. The molecule has 0 aromatic carbocycles. The average molecular weight is 309 g/mol. The van der Waals surface area contributed by atoms with Crippen molar-refractivity contribution in [1.82, 2.24) is 5.32 Å². The van der Waals surface area contributed by atoms with Crippen LogP contribution in [0.1, 0.15) is 53.4 Å². The molecule has 0 aliphatic heterocycles. The Morgan fingerprint density at radius 2 is 1.85 bits per heavy atom. The molecule has 0 aliphatic rings. The lowest BCUT2D eigenvalue weighted by atomic mass is 10.1. The van der Waals surface area contributed by atoms with Crippen molar-refractivity contribution in [1.29, 1.82) is 0 Å². The number of hydrogen-bond acceptors (Lipinski definition) is 5. The Morgan fingerprint density at radius 1 is 1.25 bits per heavy atom. The molecule has 0 rings (SSSR count). The van der Waals surface area contributed by atoms with Crippen LogP contribution in [0.25, 0.3) is 0 Å². The molecule has 0 saturated heterocycles. The first kappa shape index (κ1) is 19.2. The minimum absolute atomic E-state index is 0.0296. The Balaban J connectivity index is 4.13. The number of ether oxygens (including phenoxy) is 1. The van der Waals surface area contributed by atoms with Crippen molar-refractivity contribution in [3.05, 3.63) is 0 Å². The van der Waals surface area contributed by atoms with Gasteiger partial charge in [-0.05, 0) is 40.0 Å². The Labute approximate surface area is 122 Å². The maximum absolute atomic E-state index is 11.7. The molecule has 0 unspecified atom stereocenters. The van der Waals surface area contributed by atoms with E-state index < -0.39 is 21.8 Å². The van der Waals surface area contributed by atoms with E-state index in [0.29, 0.717) is 12.8 Å². The molecule has 0 saturated carbocycles. The van der Waals surface area contributed by atoms with Crippen LogP contribution in [0.5, 0.6) is 0 Å². The summed E-state index contributed by atoms with van der Waals surface area (Å²) in [5.74, 6) is 0. The Bertz CT molecular complexity index is 386. The van der Waals surface area contributed by atoms with E-state index in [1.54, 1.807) is 20.8 Å². The molecule has 1 N–H and O–H groups in total. The Morgan fingerprint density at radius 3 is 2.30 bits per heavy atom. The minimum atomic E-state index is -3.39. The highest BCUT2D eigenvalue weighted by atomic mass is 32.2. The van der Waals surface area contributed by atoms with Gasteiger partial charge in [-0.3, -0.25) is 4.18 Å². The summed E-state index contributed by atoms with van der Waals surface area (Å²) in [6.07, 6.45) is 3.54. The second kappa shape index (κ2) is 8.46. The summed E-state index contributed by atoms with van der Waals surface area (Å²) in [6.45, 7) is 7.58. The molecule has 1 atom stereocenters. The van der Waals surface area contributed by atoms with E-state index in [1.165, 1.54) is 0 Å². The summed E-state index contributed by atoms with van der Waals surface area (Å²) in [4.78, 5) is 11.7. The van der Waals surface area contributed by atoms with E-state index in [1.807, 2.05) is 6.92 Å². The highest BCUT2D eigenvalue weighted by molar-refractivity contribution is 7.85. The van der Waals surface area contributed by atoms with Gasteiger partial charge in [0.15, 0.2) is 0 Å². The van der Waals surface area contributed by atoms with Crippen molar-refractivity contribution in [2.75, 3.05) is 12.9 Å². The van der Waals surface area contributed by atoms with E-state index in [4.69, 9.17) is 4.74 Å². The summed E-state index contributed by atoms with van der Waals surface area (Å²) < 4.78 is 31.5. The molecule has 0 spiro atoms. The summed E-state index contributed by atoms with van der Waals surface area (Å²) in [6, 6.07) is -0.0296. The highest BCUT2D eigenvalue weighted by Crippen LogP contribution is 2.10. The first-order chi connectivity index (χ1) is 9.03. The molecule has 6 nitrogen and oxygen atoms in total.